The smallest absolute Gasteiger partial charge is 0.151 e. The molecular weight excluding hydrogens is 166 g/mol. The van der Waals surface area contributed by atoms with E-state index in [1.807, 2.05) is 0 Å². The number of aliphatic hydroxyl groups excluding tert-OH is 1. The lowest BCUT2D eigenvalue weighted by molar-refractivity contribution is -0.0543. The van der Waals surface area contributed by atoms with Crippen molar-refractivity contribution in [3.05, 3.63) is 0 Å². The molecule has 78 valence electrons. The quantitative estimate of drug-likeness (QED) is 0.644. The zero-order valence-corrected chi connectivity index (χ0v) is 8.66. The van der Waals surface area contributed by atoms with E-state index in [0.29, 0.717) is 6.42 Å². The lowest BCUT2D eigenvalue weighted by Gasteiger charge is -2.34. The van der Waals surface area contributed by atoms with Crippen LogP contribution in [0.3, 0.4) is 0 Å². The fourth-order valence-electron chi connectivity index (χ4n) is 2.34. The van der Waals surface area contributed by atoms with Gasteiger partial charge in [0.15, 0.2) is 6.29 Å². The van der Waals surface area contributed by atoms with Crippen LogP contribution in [0.5, 0.6) is 0 Å². The lowest BCUT2D eigenvalue weighted by atomic mass is 9.92. The van der Waals surface area contributed by atoms with Crippen LogP contribution in [0.25, 0.3) is 0 Å². The molecule has 1 heterocycles. The average molecular weight is 187 g/mol. The van der Waals surface area contributed by atoms with Crippen LogP contribution in [0.2, 0.25) is 0 Å². The van der Waals surface area contributed by atoms with Gasteiger partial charge in [0.2, 0.25) is 0 Å². The molecule has 1 atom stereocenters. The van der Waals surface area contributed by atoms with Crippen molar-refractivity contribution in [2.45, 2.75) is 51.4 Å². The predicted octanol–water partition coefficient (Wildman–Crippen LogP) is 0.952. The maximum absolute atomic E-state index is 8.82. The van der Waals surface area contributed by atoms with Gasteiger partial charge >= 0.3 is 0 Å². The van der Waals surface area contributed by atoms with E-state index in [0.717, 1.165) is 19.5 Å². The van der Waals surface area contributed by atoms with Crippen molar-refractivity contribution in [3.8, 4) is 0 Å². The number of aliphatic hydroxyl groups is 2. The summed E-state index contributed by atoms with van der Waals surface area (Å²) in [6.45, 7) is 6.62. The van der Waals surface area contributed by atoms with Gasteiger partial charge in [-0.05, 0) is 45.7 Å². The van der Waals surface area contributed by atoms with Crippen LogP contribution < -0.4 is 0 Å². The highest BCUT2D eigenvalue weighted by molar-refractivity contribution is 4.91. The summed E-state index contributed by atoms with van der Waals surface area (Å²) in [6, 6.07) is 0. The summed E-state index contributed by atoms with van der Waals surface area (Å²) in [6.07, 6.45) is 2.67. The molecule has 0 aromatic carbocycles. The van der Waals surface area contributed by atoms with Gasteiger partial charge in [-0.1, -0.05) is 6.92 Å². The Balaban J connectivity index is 2.43. The Labute approximate surface area is 80.4 Å². The molecule has 1 fully saturated rings. The molecule has 13 heavy (non-hydrogen) atoms. The van der Waals surface area contributed by atoms with Gasteiger partial charge < -0.3 is 10.2 Å². The largest absolute Gasteiger partial charge is 0.368 e. The van der Waals surface area contributed by atoms with Gasteiger partial charge in [-0.25, -0.2) is 0 Å². The van der Waals surface area contributed by atoms with E-state index >= 15 is 0 Å². The summed E-state index contributed by atoms with van der Waals surface area (Å²) >= 11 is 0. The molecule has 0 aliphatic carbocycles. The Morgan fingerprint density at radius 3 is 2.69 bits per heavy atom. The maximum Gasteiger partial charge on any atom is 0.151 e. The van der Waals surface area contributed by atoms with Crippen LogP contribution in [0.4, 0.5) is 0 Å². The normalized spacial score (nSPS) is 30.2. The van der Waals surface area contributed by atoms with E-state index < -0.39 is 6.29 Å². The minimum atomic E-state index is -1.14. The topological polar surface area (TPSA) is 43.7 Å². The van der Waals surface area contributed by atoms with Crippen LogP contribution in [0.15, 0.2) is 0 Å². The summed E-state index contributed by atoms with van der Waals surface area (Å²) in [5.74, 6) is 0. The molecule has 0 aromatic heterocycles. The highest BCUT2D eigenvalue weighted by Crippen LogP contribution is 2.32. The second-order valence-corrected chi connectivity index (χ2v) is 4.20. The summed E-state index contributed by atoms with van der Waals surface area (Å²) in [4.78, 5) is 2.44. The second-order valence-electron chi connectivity index (χ2n) is 4.20. The molecule has 0 saturated carbocycles. The molecule has 1 rings (SSSR count). The Kier molecular flexibility index (Phi) is 3.71. The molecule has 0 radical (unpaired) electrons. The van der Waals surface area contributed by atoms with Crippen LogP contribution >= 0.6 is 0 Å². The fourth-order valence-corrected chi connectivity index (χ4v) is 2.34. The second kappa shape index (κ2) is 4.40. The molecule has 0 aromatic rings. The Morgan fingerprint density at radius 1 is 1.46 bits per heavy atom. The summed E-state index contributed by atoms with van der Waals surface area (Å²) < 4.78 is 0. The molecular formula is C10H21NO2. The molecule has 0 spiro atoms. The zero-order chi connectivity index (χ0) is 9.90. The van der Waals surface area contributed by atoms with Crippen molar-refractivity contribution in [2.24, 2.45) is 0 Å². The first-order chi connectivity index (χ1) is 6.08. The molecule has 1 saturated heterocycles. The van der Waals surface area contributed by atoms with Crippen LogP contribution in [0.1, 0.15) is 39.5 Å². The number of hydrogen-bond acceptors (Lipinski definition) is 3. The van der Waals surface area contributed by atoms with Crippen LogP contribution in [0, 0.1) is 0 Å². The molecule has 0 bridgehead atoms. The Hall–Kier alpha value is -0.120. The van der Waals surface area contributed by atoms with E-state index in [-0.39, 0.29) is 5.54 Å². The van der Waals surface area contributed by atoms with Crippen molar-refractivity contribution in [1.29, 1.82) is 0 Å². The predicted molar refractivity (Wildman–Crippen MR) is 52.3 cm³/mol. The van der Waals surface area contributed by atoms with Gasteiger partial charge in [-0.2, -0.15) is 0 Å². The van der Waals surface area contributed by atoms with E-state index in [1.165, 1.54) is 12.8 Å². The summed E-state index contributed by atoms with van der Waals surface area (Å²) in [7, 11) is 0. The van der Waals surface area contributed by atoms with Crippen molar-refractivity contribution in [2.75, 3.05) is 13.1 Å². The first-order valence-electron chi connectivity index (χ1n) is 5.19. The Bertz CT molecular complexity index is 161. The first-order valence-corrected chi connectivity index (χ1v) is 5.19. The van der Waals surface area contributed by atoms with Gasteiger partial charge in [-0.3, -0.25) is 4.90 Å². The number of hydrogen-bond donors (Lipinski definition) is 2. The molecule has 1 aliphatic heterocycles. The third-order valence-electron chi connectivity index (χ3n) is 3.23. The van der Waals surface area contributed by atoms with Gasteiger partial charge in [0, 0.05) is 5.54 Å². The molecule has 0 amide bonds. The maximum atomic E-state index is 8.82. The van der Waals surface area contributed by atoms with Gasteiger partial charge in [0.1, 0.15) is 0 Å². The number of likely N-dealkylation sites (tertiary alicyclic amines) is 1. The SMILES string of the molecule is CCN1CCCC1(C)CCC(O)O. The molecule has 2 N–H and O–H groups in total. The van der Waals surface area contributed by atoms with Crippen LogP contribution in [-0.4, -0.2) is 40.0 Å². The molecule has 3 heteroatoms. The standard InChI is InChI=1S/C10H21NO2/c1-3-11-8-4-6-10(11,2)7-5-9(12)13/h9,12-13H,3-8H2,1-2H3. The van der Waals surface area contributed by atoms with Crippen LogP contribution in [-0.2, 0) is 0 Å². The van der Waals surface area contributed by atoms with E-state index in [9.17, 15) is 0 Å². The van der Waals surface area contributed by atoms with Crippen molar-refractivity contribution >= 4 is 0 Å². The van der Waals surface area contributed by atoms with Gasteiger partial charge in [0.05, 0.1) is 0 Å². The fraction of sp³-hybridized carbons (Fsp3) is 1.00. The number of nitrogens with zero attached hydrogens (tertiary/aromatic N) is 1. The highest BCUT2D eigenvalue weighted by atomic mass is 16.5. The molecule has 3 nitrogen and oxygen atoms in total. The minimum absolute atomic E-state index is 0.207. The first kappa shape index (κ1) is 11.0. The van der Waals surface area contributed by atoms with Gasteiger partial charge in [-0.15, -0.1) is 0 Å². The van der Waals surface area contributed by atoms with E-state index in [2.05, 4.69) is 18.7 Å². The third kappa shape index (κ3) is 2.66. The Morgan fingerprint density at radius 2 is 2.15 bits per heavy atom. The zero-order valence-electron chi connectivity index (χ0n) is 8.66. The lowest BCUT2D eigenvalue weighted by Crippen LogP contribution is -2.41. The minimum Gasteiger partial charge on any atom is -0.368 e. The van der Waals surface area contributed by atoms with Gasteiger partial charge in [0.25, 0.3) is 0 Å². The monoisotopic (exact) mass is 187 g/mol. The average Bonchev–Trinajstić information content (AvgIpc) is 2.44. The highest BCUT2D eigenvalue weighted by Gasteiger charge is 2.34. The number of rotatable bonds is 4. The molecule has 1 aliphatic rings. The van der Waals surface area contributed by atoms with Crippen molar-refractivity contribution in [1.82, 2.24) is 4.90 Å². The van der Waals surface area contributed by atoms with E-state index in [4.69, 9.17) is 10.2 Å². The third-order valence-corrected chi connectivity index (χ3v) is 3.23. The van der Waals surface area contributed by atoms with Crippen molar-refractivity contribution < 1.29 is 10.2 Å². The molecule has 1 unspecified atom stereocenters. The summed E-state index contributed by atoms with van der Waals surface area (Å²) in [5.41, 5.74) is 0.207. The van der Waals surface area contributed by atoms with Crippen molar-refractivity contribution in [3.63, 3.8) is 0 Å². The van der Waals surface area contributed by atoms with E-state index in [1.54, 1.807) is 0 Å². The summed E-state index contributed by atoms with van der Waals surface area (Å²) in [5, 5.41) is 17.6.